The summed E-state index contributed by atoms with van der Waals surface area (Å²) in [5.74, 6) is -1.31. The Labute approximate surface area is 308 Å². The summed E-state index contributed by atoms with van der Waals surface area (Å²) < 4.78 is 17.9. The van der Waals surface area contributed by atoms with E-state index in [1.54, 1.807) is 11.0 Å². The van der Waals surface area contributed by atoms with Gasteiger partial charge in [0.25, 0.3) is 0 Å². The van der Waals surface area contributed by atoms with E-state index in [9.17, 15) is 14.4 Å². The third kappa shape index (κ3) is 7.04. The van der Waals surface area contributed by atoms with Crippen LogP contribution in [0.5, 0.6) is 0 Å². The van der Waals surface area contributed by atoms with E-state index >= 15 is 0 Å². The number of alkyl carbamates (subject to hydrolysis) is 1. The average Bonchev–Trinajstić information content (AvgIpc) is 3.50. The molecule has 5 aromatic carbocycles. The zero-order valence-corrected chi connectivity index (χ0v) is 29.6. The Kier molecular flexibility index (Phi) is 10.4. The van der Waals surface area contributed by atoms with Gasteiger partial charge in [0.05, 0.1) is 19.6 Å². The Morgan fingerprint density at radius 1 is 0.788 bits per heavy atom. The zero-order chi connectivity index (χ0) is 36.1. The van der Waals surface area contributed by atoms with Crippen LogP contribution in [0, 0.1) is 6.92 Å². The third-order valence-electron chi connectivity index (χ3n) is 9.79. The minimum Gasteiger partial charge on any atom is -0.449 e. The number of aryl methyl sites for hydroxylation is 1. The summed E-state index contributed by atoms with van der Waals surface area (Å²) in [6.07, 6.45) is -1.26. The van der Waals surface area contributed by atoms with Crippen LogP contribution < -0.4 is 5.32 Å². The van der Waals surface area contributed by atoms with Gasteiger partial charge >= 0.3 is 12.1 Å². The zero-order valence-electron chi connectivity index (χ0n) is 28.8. The van der Waals surface area contributed by atoms with Gasteiger partial charge in [0.15, 0.2) is 5.60 Å². The Bertz CT molecular complexity index is 2020. The van der Waals surface area contributed by atoms with E-state index in [1.165, 1.54) is 0 Å². The summed E-state index contributed by atoms with van der Waals surface area (Å²) in [5.41, 5.74) is 5.78. The summed E-state index contributed by atoms with van der Waals surface area (Å²) in [6.45, 7) is 3.39. The predicted molar refractivity (Wildman–Crippen MR) is 199 cm³/mol. The molecule has 1 unspecified atom stereocenters. The first kappa shape index (κ1) is 35.0. The number of rotatable bonds is 10. The SMILES string of the molecule is Cc1ccc(C(OC(=O)C[C@H](NC(=O)OCC2c3ccccc3-c3ccccc32)C(=O)N2CCOCC2)(c2ccccc2)c2ccccc2Cl)cc1. The van der Waals surface area contributed by atoms with Crippen LogP contribution in [0.2, 0.25) is 5.02 Å². The maximum absolute atomic E-state index is 14.3. The number of hydrogen-bond acceptors (Lipinski definition) is 6. The molecule has 1 N–H and O–H groups in total. The van der Waals surface area contributed by atoms with Crippen molar-refractivity contribution in [2.24, 2.45) is 0 Å². The van der Waals surface area contributed by atoms with Crippen molar-refractivity contribution in [3.05, 3.63) is 166 Å². The minimum atomic E-state index is -1.47. The van der Waals surface area contributed by atoms with Crippen LogP contribution in [0.15, 0.2) is 127 Å². The number of nitrogens with zero attached hydrogens (tertiary/aromatic N) is 1. The molecule has 5 aromatic rings. The Morgan fingerprint density at radius 2 is 1.37 bits per heavy atom. The lowest BCUT2D eigenvalue weighted by molar-refractivity contribution is -0.156. The second-order valence-electron chi connectivity index (χ2n) is 13.0. The second-order valence-corrected chi connectivity index (χ2v) is 13.4. The van der Waals surface area contributed by atoms with Gasteiger partial charge in [0, 0.05) is 40.7 Å². The van der Waals surface area contributed by atoms with Crippen molar-refractivity contribution in [3.63, 3.8) is 0 Å². The van der Waals surface area contributed by atoms with Gasteiger partial charge in [-0.1, -0.05) is 138 Å². The molecular formula is C43H39ClN2O6. The highest BCUT2D eigenvalue weighted by atomic mass is 35.5. The molecule has 0 aromatic heterocycles. The Hall–Kier alpha value is -5.44. The van der Waals surface area contributed by atoms with Crippen molar-refractivity contribution in [1.82, 2.24) is 10.2 Å². The summed E-state index contributed by atoms with van der Waals surface area (Å²) >= 11 is 6.86. The molecule has 0 bridgehead atoms. The standard InChI is InChI=1S/C43H39ClN2O6/c1-29-19-21-31(22-20-29)43(30-11-3-2-4-12-30,37-17-9-10-18-38(37)44)52-40(47)27-39(41(48)46-23-25-50-26-24-46)45-42(49)51-28-36-34-15-7-5-13-32(34)33-14-6-8-16-35(33)36/h2-22,36,39H,23-28H2,1H3,(H,45,49)/t39-,43?/m0/s1. The van der Waals surface area contributed by atoms with Gasteiger partial charge in [-0.2, -0.15) is 0 Å². The molecule has 1 fully saturated rings. The Balaban J connectivity index is 1.17. The van der Waals surface area contributed by atoms with Gasteiger partial charge in [-0.3, -0.25) is 9.59 Å². The lowest BCUT2D eigenvalue weighted by Crippen LogP contribution is -2.53. The van der Waals surface area contributed by atoms with Crippen LogP contribution >= 0.6 is 11.6 Å². The number of halogens is 1. The topological polar surface area (TPSA) is 94.2 Å². The summed E-state index contributed by atoms with van der Waals surface area (Å²) in [7, 11) is 0. The molecule has 7 rings (SSSR count). The first-order valence-electron chi connectivity index (χ1n) is 17.4. The van der Waals surface area contributed by atoms with Crippen molar-refractivity contribution < 1.29 is 28.6 Å². The molecule has 0 spiro atoms. The highest BCUT2D eigenvalue weighted by Gasteiger charge is 2.43. The van der Waals surface area contributed by atoms with Crippen LogP contribution in [-0.2, 0) is 29.4 Å². The number of fused-ring (bicyclic) bond motifs is 3. The number of nitrogens with one attached hydrogen (secondary N) is 1. The fraction of sp³-hybridized carbons (Fsp3) is 0.233. The average molecular weight is 715 g/mol. The molecule has 0 radical (unpaired) electrons. The first-order valence-corrected chi connectivity index (χ1v) is 17.8. The van der Waals surface area contributed by atoms with Gasteiger partial charge < -0.3 is 24.4 Å². The summed E-state index contributed by atoms with van der Waals surface area (Å²) in [5, 5.41) is 3.12. The van der Waals surface area contributed by atoms with Gasteiger partial charge in [-0.25, -0.2) is 4.79 Å². The highest BCUT2D eigenvalue weighted by molar-refractivity contribution is 6.31. The number of carbonyl (C=O) groups excluding carboxylic acids is 3. The number of carbonyl (C=O) groups is 3. The largest absolute Gasteiger partial charge is 0.449 e. The van der Waals surface area contributed by atoms with Gasteiger partial charge in [-0.15, -0.1) is 0 Å². The molecule has 0 saturated carbocycles. The molecule has 2 atom stereocenters. The van der Waals surface area contributed by atoms with E-state index in [-0.39, 0.29) is 12.5 Å². The van der Waals surface area contributed by atoms with E-state index in [1.807, 2.05) is 116 Å². The first-order chi connectivity index (χ1) is 25.3. The van der Waals surface area contributed by atoms with E-state index in [0.717, 1.165) is 27.8 Å². The lowest BCUT2D eigenvalue weighted by atomic mass is 9.79. The van der Waals surface area contributed by atoms with Gasteiger partial charge in [-0.05, 0) is 35.2 Å². The number of hydrogen-bond donors (Lipinski definition) is 1. The molecule has 1 saturated heterocycles. The molecule has 1 aliphatic heterocycles. The molecule has 9 heteroatoms. The van der Waals surface area contributed by atoms with Crippen LogP contribution in [0.3, 0.4) is 0 Å². The Morgan fingerprint density at radius 3 is 2.02 bits per heavy atom. The van der Waals surface area contributed by atoms with Crippen molar-refractivity contribution in [2.75, 3.05) is 32.9 Å². The van der Waals surface area contributed by atoms with Crippen molar-refractivity contribution in [1.29, 1.82) is 0 Å². The van der Waals surface area contributed by atoms with Crippen LogP contribution in [0.4, 0.5) is 4.79 Å². The van der Waals surface area contributed by atoms with Gasteiger partial charge in [0.2, 0.25) is 5.91 Å². The minimum absolute atomic E-state index is 0.0554. The molecule has 1 heterocycles. The van der Waals surface area contributed by atoms with E-state index < -0.39 is 36.0 Å². The monoisotopic (exact) mass is 714 g/mol. The number of esters is 1. The normalized spacial score (nSPS) is 15.5. The highest BCUT2D eigenvalue weighted by Crippen LogP contribution is 2.45. The predicted octanol–water partition coefficient (Wildman–Crippen LogP) is 7.64. The fourth-order valence-corrected chi connectivity index (χ4v) is 7.49. The van der Waals surface area contributed by atoms with Crippen LogP contribution in [-0.4, -0.2) is 61.8 Å². The van der Waals surface area contributed by atoms with Crippen LogP contribution in [0.25, 0.3) is 11.1 Å². The molecule has 2 aliphatic rings. The smallest absolute Gasteiger partial charge is 0.407 e. The third-order valence-corrected chi connectivity index (χ3v) is 10.1. The second kappa shape index (κ2) is 15.4. The summed E-state index contributed by atoms with van der Waals surface area (Å²) in [6, 6.07) is 39.1. The lowest BCUT2D eigenvalue weighted by Gasteiger charge is -2.36. The molecule has 2 amide bonds. The van der Waals surface area contributed by atoms with Gasteiger partial charge in [0.1, 0.15) is 12.6 Å². The summed E-state index contributed by atoms with van der Waals surface area (Å²) in [4.78, 5) is 43.4. The number of morpholine rings is 1. The van der Waals surface area contributed by atoms with Crippen molar-refractivity contribution >= 4 is 29.6 Å². The maximum Gasteiger partial charge on any atom is 0.407 e. The number of benzene rings is 5. The number of ether oxygens (including phenoxy) is 3. The van der Waals surface area contributed by atoms with E-state index in [0.29, 0.717) is 48.0 Å². The van der Waals surface area contributed by atoms with Crippen LogP contribution in [0.1, 0.15) is 45.7 Å². The molecule has 1 aliphatic carbocycles. The molecule has 52 heavy (non-hydrogen) atoms. The number of amides is 2. The van der Waals surface area contributed by atoms with Crippen molar-refractivity contribution in [3.8, 4) is 11.1 Å². The molecule has 8 nitrogen and oxygen atoms in total. The quantitative estimate of drug-likeness (QED) is 0.118. The van der Waals surface area contributed by atoms with E-state index in [2.05, 4.69) is 17.4 Å². The van der Waals surface area contributed by atoms with Crippen molar-refractivity contribution in [2.45, 2.75) is 30.9 Å². The van der Waals surface area contributed by atoms with E-state index in [4.69, 9.17) is 25.8 Å². The maximum atomic E-state index is 14.3. The fourth-order valence-electron chi connectivity index (χ4n) is 7.22. The molecule has 264 valence electrons. The molecular weight excluding hydrogens is 676 g/mol.